The minimum absolute atomic E-state index is 0.219. The molecule has 0 bridgehead atoms. The molecular weight excluding hydrogens is 334 g/mol. The van der Waals surface area contributed by atoms with Gasteiger partial charge in [-0.2, -0.15) is 4.31 Å². The van der Waals surface area contributed by atoms with E-state index < -0.39 is 10.0 Å². The van der Waals surface area contributed by atoms with Crippen LogP contribution < -0.4 is 0 Å². The van der Waals surface area contributed by atoms with Gasteiger partial charge in [-0.05, 0) is 38.3 Å². The predicted octanol–water partition coefficient (Wildman–Crippen LogP) is 3.38. The van der Waals surface area contributed by atoms with Crippen LogP contribution in [0.4, 0.5) is 0 Å². The number of hydrogen-bond donors (Lipinski definition) is 0. The zero-order valence-corrected chi connectivity index (χ0v) is 13.7. The summed E-state index contributed by atoms with van der Waals surface area (Å²) in [6.45, 7) is 2.56. The first-order valence-electron chi connectivity index (χ1n) is 6.20. The highest BCUT2D eigenvalue weighted by molar-refractivity contribution is 9.09. The molecule has 0 saturated heterocycles. The van der Waals surface area contributed by atoms with Crippen molar-refractivity contribution >= 4 is 37.3 Å². The summed E-state index contributed by atoms with van der Waals surface area (Å²) in [4.78, 5) is 1.04. The van der Waals surface area contributed by atoms with Crippen molar-refractivity contribution in [3.8, 4) is 0 Å². The first kappa shape index (κ1) is 14.5. The van der Waals surface area contributed by atoms with E-state index in [0.717, 1.165) is 35.9 Å². The van der Waals surface area contributed by atoms with Crippen LogP contribution >= 0.6 is 27.3 Å². The second-order valence-electron chi connectivity index (χ2n) is 4.61. The lowest BCUT2D eigenvalue weighted by Crippen LogP contribution is -2.44. The van der Waals surface area contributed by atoms with Crippen molar-refractivity contribution in [2.45, 2.75) is 42.9 Å². The van der Waals surface area contributed by atoms with Crippen LogP contribution in [-0.2, 0) is 10.0 Å². The smallest absolute Gasteiger partial charge is 0.206 e. The molecule has 102 valence electrons. The van der Waals surface area contributed by atoms with E-state index in [1.54, 1.807) is 10.4 Å². The van der Waals surface area contributed by atoms with Crippen molar-refractivity contribution in [1.29, 1.82) is 0 Å². The molecule has 3 nitrogen and oxygen atoms in total. The third-order valence-corrected chi connectivity index (χ3v) is 7.25. The molecule has 18 heavy (non-hydrogen) atoms. The summed E-state index contributed by atoms with van der Waals surface area (Å²) in [6, 6.07) is 3.83. The largest absolute Gasteiger partial charge is 0.252 e. The first-order chi connectivity index (χ1) is 8.55. The Balaban J connectivity index is 2.22. The standard InChI is InChI=1S/C12H18BrNO2S2/c1-10-6-7-12(17-10)18(15,16)14(9-3-8-13)11-4-2-5-11/h6-7,11H,2-5,8-9H2,1H3. The maximum absolute atomic E-state index is 12.6. The Labute approximate surface area is 121 Å². The van der Waals surface area contributed by atoms with Crippen LogP contribution in [0.5, 0.6) is 0 Å². The molecule has 1 aromatic rings. The first-order valence-corrected chi connectivity index (χ1v) is 9.58. The number of alkyl halides is 1. The number of aryl methyl sites for hydroxylation is 1. The van der Waals surface area contributed by atoms with Gasteiger partial charge in [-0.1, -0.05) is 22.4 Å². The fraction of sp³-hybridized carbons (Fsp3) is 0.667. The van der Waals surface area contributed by atoms with E-state index in [1.807, 2.05) is 13.0 Å². The van der Waals surface area contributed by atoms with E-state index in [2.05, 4.69) is 15.9 Å². The molecule has 1 aliphatic carbocycles. The van der Waals surface area contributed by atoms with Crippen molar-refractivity contribution in [1.82, 2.24) is 4.31 Å². The molecule has 1 aromatic heterocycles. The van der Waals surface area contributed by atoms with Crippen LogP contribution in [0, 0.1) is 6.92 Å². The van der Waals surface area contributed by atoms with E-state index in [0.29, 0.717) is 10.8 Å². The zero-order chi connectivity index (χ0) is 13.2. The predicted molar refractivity (Wildman–Crippen MR) is 79.0 cm³/mol. The Morgan fingerprint density at radius 1 is 1.44 bits per heavy atom. The second kappa shape index (κ2) is 6.03. The molecule has 1 aliphatic rings. The Morgan fingerprint density at radius 2 is 2.17 bits per heavy atom. The van der Waals surface area contributed by atoms with E-state index in [1.165, 1.54) is 11.3 Å². The summed E-state index contributed by atoms with van der Waals surface area (Å²) < 4.78 is 27.4. The number of sulfonamides is 1. The fourth-order valence-electron chi connectivity index (χ4n) is 2.06. The van der Waals surface area contributed by atoms with Gasteiger partial charge < -0.3 is 0 Å². The minimum atomic E-state index is -3.28. The molecule has 0 aliphatic heterocycles. The summed E-state index contributed by atoms with van der Waals surface area (Å²) in [7, 11) is -3.28. The number of nitrogens with zero attached hydrogens (tertiary/aromatic N) is 1. The third-order valence-electron chi connectivity index (χ3n) is 3.27. The van der Waals surface area contributed by atoms with E-state index in [-0.39, 0.29) is 6.04 Å². The van der Waals surface area contributed by atoms with Gasteiger partial charge in [0.15, 0.2) is 0 Å². The quantitative estimate of drug-likeness (QED) is 0.736. The van der Waals surface area contributed by atoms with Gasteiger partial charge in [-0.15, -0.1) is 11.3 Å². The zero-order valence-electron chi connectivity index (χ0n) is 10.4. The average Bonchev–Trinajstić information content (AvgIpc) is 2.68. The van der Waals surface area contributed by atoms with Crippen molar-refractivity contribution < 1.29 is 8.42 Å². The van der Waals surface area contributed by atoms with Crippen LogP contribution in [0.2, 0.25) is 0 Å². The van der Waals surface area contributed by atoms with E-state index >= 15 is 0 Å². The second-order valence-corrected chi connectivity index (χ2v) is 8.81. The molecule has 2 rings (SSSR count). The topological polar surface area (TPSA) is 37.4 Å². The lowest BCUT2D eigenvalue weighted by Gasteiger charge is -2.36. The average molecular weight is 352 g/mol. The van der Waals surface area contributed by atoms with Crippen molar-refractivity contribution in [2.75, 3.05) is 11.9 Å². The highest BCUT2D eigenvalue weighted by atomic mass is 79.9. The van der Waals surface area contributed by atoms with Crippen LogP contribution in [0.25, 0.3) is 0 Å². The summed E-state index contributed by atoms with van der Waals surface area (Å²) in [5.41, 5.74) is 0. The summed E-state index contributed by atoms with van der Waals surface area (Å²) in [6.07, 6.45) is 4.02. The molecule has 0 radical (unpaired) electrons. The number of halogens is 1. The molecule has 0 unspecified atom stereocenters. The van der Waals surface area contributed by atoms with Crippen LogP contribution in [0.3, 0.4) is 0 Å². The molecule has 0 aromatic carbocycles. The van der Waals surface area contributed by atoms with Crippen LogP contribution in [-0.4, -0.2) is 30.6 Å². The molecular formula is C12H18BrNO2S2. The van der Waals surface area contributed by atoms with Gasteiger partial charge >= 0.3 is 0 Å². The molecule has 0 atom stereocenters. The lowest BCUT2D eigenvalue weighted by atomic mass is 9.93. The fourth-order valence-corrected chi connectivity index (χ4v) is 5.44. The SMILES string of the molecule is Cc1ccc(S(=O)(=O)N(CCCBr)C2CCC2)s1. The maximum atomic E-state index is 12.6. The van der Waals surface area contributed by atoms with Gasteiger partial charge in [0.05, 0.1) is 0 Å². The summed E-state index contributed by atoms with van der Waals surface area (Å²) in [5.74, 6) is 0. The number of rotatable bonds is 6. The Morgan fingerprint density at radius 3 is 2.61 bits per heavy atom. The Hall–Kier alpha value is 0.0900. The van der Waals surface area contributed by atoms with E-state index in [9.17, 15) is 8.42 Å². The van der Waals surface area contributed by atoms with Crippen molar-refractivity contribution in [2.24, 2.45) is 0 Å². The normalized spacial score (nSPS) is 17.1. The molecule has 0 N–H and O–H groups in total. The maximum Gasteiger partial charge on any atom is 0.252 e. The third kappa shape index (κ3) is 2.98. The van der Waals surface area contributed by atoms with Gasteiger partial charge in [-0.3, -0.25) is 0 Å². The highest BCUT2D eigenvalue weighted by Crippen LogP contribution is 2.32. The molecule has 1 fully saturated rings. The van der Waals surface area contributed by atoms with Crippen molar-refractivity contribution in [3.63, 3.8) is 0 Å². The molecule has 1 saturated carbocycles. The lowest BCUT2D eigenvalue weighted by molar-refractivity contribution is 0.220. The summed E-state index contributed by atoms with van der Waals surface area (Å²) >= 11 is 4.74. The molecule has 6 heteroatoms. The van der Waals surface area contributed by atoms with Gasteiger partial charge in [0.1, 0.15) is 4.21 Å². The van der Waals surface area contributed by atoms with E-state index in [4.69, 9.17) is 0 Å². The molecule has 1 heterocycles. The van der Waals surface area contributed by atoms with Crippen LogP contribution in [0.1, 0.15) is 30.6 Å². The number of thiophene rings is 1. The number of hydrogen-bond acceptors (Lipinski definition) is 3. The monoisotopic (exact) mass is 351 g/mol. The Kier molecular flexibility index (Phi) is 4.86. The summed E-state index contributed by atoms with van der Waals surface area (Å²) in [5, 5.41) is 0.842. The molecule has 0 amide bonds. The van der Waals surface area contributed by atoms with Crippen molar-refractivity contribution in [3.05, 3.63) is 17.0 Å². The van der Waals surface area contributed by atoms with Crippen LogP contribution in [0.15, 0.2) is 16.3 Å². The minimum Gasteiger partial charge on any atom is -0.206 e. The van der Waals surface area contributed by atoms with Gasteiger partial charge in [0, 0.05) is 22.8 Å². The van der Waals surface area contributed by atoms with Gasteiger partial charge in [0.2, 0.25) is 0 Å². The molecule has 0 spiro atoms. The highest BCUT2D eigenvalue weighted by Gasteiger charge is 2.35. The van der Waals surface area contributed by atoms with Gasteiger partial charge in [-0.25, -0.2) is 8.42 Å². The van der Waals surface area contributed by atoms with Gasteiger partial charge in [0.25, 0.3) is 10.0 Å². The Bertz CT molecular complexity index is 494.